The van der Waals surface area contributed by atoms with Gasteiger partial charge in [0.1, 0.15) is 5.75 Å². The Morgan fingerprint density at radius 1 is 1.14 bits per heavy atom. The molecule has 8 heteroatoms. The highest BCUT2D eigenvalue weighted by molar-refractivity contribution is 6.00. The fourth-order valence-electron chi connectivity index (χ4n) is 3.55. The summed E-state index contributed by atoms with van der Waals surface area (Å²) >= 11 is 0. The van der Waals surface area contributed by atoms with E-state index in [1.165, 1.54) is 4.57 Å². The number of fused-ring (bicyclic) bond motifs is 3. The summed E-state index contributed by atoms with van der Waals surface area (Å²) in [5.74, 6) is 1.04. The lowest BCUT2D eigenvalue weighted by atomic mass is 9.98. The second-order valence-corrected chi connectivity index (χ2v) is 6.93. The van der Waals surface area contributed by atoms with E-state index in [9.17, 15) is 9.59 Å². The summed E-state index contributed by atoms with van der Waals surface area (Å²) in [5, 5.41) is 0.770. The van der Waals surface area contributed by atoms with Gasteiger partial charge in [0, 0.05) is 30.7 Å². The lowest BCUT2D eigenvalue weighted by molar-refractivity contribution is 0.286. The third kappa shape index (κ3) is 3.03. The number of hydrogen-bond acceptors (Lipinski definition) is 7. The van der Waals surface area contributed by atoms with E-state index in [2.05, 4.69) is 16.0 Å². The minimum Gasteiger partial charge on any atom is -0.439 e. The van der Waals surface area contributed by atoms with Gasteiger partial charge in [-0.3, -0.25) is 0 Å². The maximum absolute atomic E-state index is 11.9. The molecule has 1 aliphatic rings. The number of rotatable bonds is 3. The van der Waals surface area contributed by atoms with E-state index in [1.54, 1.807) is 24.4 Å². The summed E-state index contributed by atoms with van der Waals surface area (Å²) in [6.45, 7) is 1.65. The Hall–Kier alpha value is -3.65. The molecule has 3 aromatic heterocycles. The van der Waals surface area contributed by atoms with Gasteiger partial charge in [0.2, 0.25) is 11.6 Å². The van der Waals surface area contributed by atoms with Gasteiger partial charge in [-0.2, -0.15) is 0 Å². The normalized spacial score (nSPS) is 15.0. The van der Waals surface area contributed by atoms with E-state index >= 15 is 0 Å². The van der Waals surface area contributed by atoms with Crippen LogP contribution in [-0.4, -0.2) is 34.6 Å². The van der Waals surface area contributed by atoms with Gasteiger partial charge in [0.15, 0.2) is 0 Å². The van der Waals surface area contributed by atoms with Crippen molar-refractivity contribution in [1.82, 2.24) is 14.5 Å². The molecule has 4 aromatic rings. The molecule has 0 amide bonds. The Bertz CT molecular complexity index is 1360. The maximum atomic E-state index is 11.9. The van der Waals surface area contributed by atoms with E-state index in [0.29, 0.717) is 17.1 Å². The highest BCUT2D eigenvalue weighted by Gasteiger charge is 2.23. The molecule has 0 bridgehead atoms. The van der Waals surface area contributed by atoms with E-state index in [-0.39, 0.29) is 5.71 Å². The highest BCUT2D eigenvalue weighted by atomic mass is 16.5. The zero-order valence-electron chi connectivity index (χ0n) is 15.6. The van der Waals surface area contributed by atoms with Crippen LogP contribution in [0.25, 0.3) is 22.2 Å². The van der Waals surface area contributed by atoms with Crippen LogP contribution in [-0.2, 0) is 0 Å². The van der Waals surface area contributed by atoms with Crippen LogP contribution in [0.2, 0.25) is 0 Å². The van der Waals surface area contributed by atoms with Gasteiger partial charge < -0.3 is 18.6 Å². The molecule has 0 fully saturated rings. The standard InChI is InChI=1S/C21H17N3O5/c1-23-10-7-13(8-11-23)18-15-12-14(27-17-4-2-3-9-22-17)5-6-16(15)24-19(18)28-20(25)21(26)29-24/h2-7,9,12H,8,10-11H2,1H3. The van der Waals surface area contributed by atoms with Gasteiger partial charge in [0.25, 0.3) is 0 Å². The summed E-state index contributed by atoms with van der Waals surface area (Å²) in [7, 11) is 2.04. The predicted octanol–water partition coefficient (Wildman–Crippen LogP) is 2.91. The molecule has 5 rings (SSSR count). The first-order valence-corrected chi connectivity index (χ1v) is 9.20. The second kappa shape index (κ2) is 6.75. The molecule has 0 atom stereocenters. The van der Waals surface area contributed by atoms with Crippen molar-refractivity contribution in [3.8, 4) is 11.6 Å². The van der Waals surface area contributed by atoms with Crippen molar-refractivity contribution in [2.24, 2.45) is 0 Å². The van der Waals surface area contributed by atoms with Crippen molar-refractivity contribution in [3.05, 3.63) is 75.1 Å². The zero-order chi connectivity index (χ0) is 20.0. The number of benzene rings is 1. The van der Waals surface area contributed by atoms with Crippen molar-refractivity contribution in [2.75, 3.05) is 20.1 Å². The Labute approximate surface area is 164 Å². The number of aromatic nitrogens is 2. The van der Waals surface area contributed by atoms with Crippen LogP contribution in [0, 0.1) is 0 Å². The number of likely N-dealkylation sites (N-methyl/N-ethyl adjacent to an activating group) is 1. The van der Waals surface area contributed by atoms with E-state index in [1.807, 2.05) is 25.2 Å². The molecule has 29 heavy (non-hydrogen) atoms. The summed E-state index contributed by atoms with van der Waals surface area (Å²) < 4.78 is 17.7. The lowest BCUT2D eigenvalue weighted by Crippen LogP contribution is -2.24. The Balaban J connectivity index is 1.75. The van der Waals surface area contributed by atoms with Gasteiger partial charge in [0.05, 0.1) is 11.1 Å². The summed E-state index contributed by atoms with van der Waals surface area (Å²) in [4.78, 5) is 30.0. The van der Waals surface area contributed by atoms with Crippen molar-refractivity contribution >= 4 is 22.2 Å². The average molecular weight is 391 g/mol. The fraction of sp³-hybridized carbons (Fsp3) is 0.190. The minimum absolute atomic E-state index is 0.218. The summed E-state index contributed by atoms with van der Waals surface area (Å²) in [6, 6.07) is 10.8. The van der Waals surface area contributed by atoms with Crippen LogP contribution in [0.3, 0.4) is 0 Å². The van der Waals surface area contributed by atoms with Crippen molar-refractivity contribution in [2.45, 2.75) is 6.42 Å². The fourth-order valence-corrected chi connectivity index (χ4v) is 3.55. The van der Waals surface area contributed by atoms with Crippen molar-refractivity contribution in [1.29, 1.82) is 0 Å². The van der Waals surface area contributed by atoms with Gasteiger partial charge in [-0.25, -0.2) is 14.6 Å². The quantitative estimate of drug-likeness (QED) is 0.496. The van der Waals surface area contributed by atoms with Crippen LogP contribution in [0.5, 0.6) is 11.6 Å². The Morgan fingerprint density at radius 3 is 2.79 bits per heavy atom. The van der Waals surface area contributed by atoms with Gasteiger partial charge >= 0.3 is 11.3 Å². The predicted molar refractivity (Wildman–Crippen MR) is 106 cm³/mol. The monoisotopic (exact) mass is 391 g/mol. The molecule has 8 nitrogen and oxygen atoms in total. The van der Waals surface area contributed by atoms with Crippen molar-refractivity contribution in [3.63, 3.8) is 0 Å². The SMILES string of the molecule is CN1CC=C(c2c3cc(Oc4ccccn4)ccc3n3oc(=O)c(=O)oc23)CC1. The molecule has 0 unspecified atom stereocenters. The van der Waals surface area contributed by atoms with Gasteiger partial charge in [-0.15, -0.1) is 4.57 Å². The molecular formula is C21H17N3O5. The second-order valence-electron chi connectivity index (χ2n) is 6.93. The van der Waals surface area contributed by atoms with Gasteiger partial charge in [-0.1, -0.05) is 12.1 Å². The molecule has 0 saturated carbocycles. The van der Waals surface area contributed by atoms with Crippen LogP contribution in [0.4, 0.5) is 0 Å². The first-order valence-electron chi connectivity index (χ1n) is 9.20. The minimum atomic E-state index is -1.05. The average Bonchev–Trinajstić information content (AvgIpc) is 3.02. The largest absolute Gasteiger partial charge is 0.442 e. The molecule has 0 saturated heterocycles. The number of pyridine rings is 1. The van der Waals surface area contributed by atoms with E-state index in [0.717, 1.165) is 36.0 Å². The molecular weight excluding hydrogens is 374 g/mol. The lowest BCUT2D eigenvalue weighted by Gasteiger charge is -2.21. The third-order valence-electron chi connectivity index (χ3n) is 4.98. The molecule has 146 valence electrons. The smallest absolute Gasteiger partial charge is 0.439 e. The first kappa shape index (κ1) is 17.4. The molecule has 1 aromatic carbocycles. The molecule has 0 aliphatic carbocycles. The maximum Gasteiger partial charge on any atom is 0.442 e. The third-order valence-corrected chi connectivity index (χ3v) is 4.98. The van der Waals surface area contributed by atoms with Crippen LogP contribution in [0.15, 0.2) is 67.2 Å². The van der Waals surface area contributed by atoms with Crippen molar-refractivity contribution < 1.29 is 13.7 Å². The van der Waals surface area contributed by atoms with E-state index < -0.39 is 11.3 Å². The Morgan fingerprint density at radius 2 is 2.03 bits per heavy atom. The number of ether oxygens (including phenoxy) is 1. The highest BCUT2D eigenvalue weighted by Crippen LogP contribution is 2.36. The van der Waals surface area contributed by atoms with Gasteiger partial charge in [-0.05, 0) is 43.3 Å². The zero-order valence-corrected chi connectivity index (χ0v) is 15.6. The Kier molecular flexibility index (Phi) is 4.06. The van der Waals surface area contributed by atoms with Crippen LogP contribution < -0.4 is 16.0 Å². The molecule has 1 aliphatic heterocycles. The topological polar surface area (TPSA) is 90.2 Å². The molecule has 4 heterocycles. The summed E-state index contributed by atoms with van der Waals surface area (Å²) in [5.41, 5.74) is 0.523. The molecule has 0 spiro atoms. The summed E-state index contributed by atoms with van der Waals surface area (Å²) in [6.07, 6.45) is 4.52. The molecule has 0 radical (unpaired) electrons. The van der Waals surface area contributed by atoms with Crippen LogP contribution >= 0.6 is 0 Å². The number of nitrogens with zero attached hydrogens (tertiary/aromatic N) is 3. The first-order chi connectivity index (χ1) is 14.1. The van der Waals surface area contributed by atoms with Crippen LogP contribution in [0.1, 0.15) is 12.0 Å². The molecule has 0 N–H and O–H groups in total. The van der Waals surface area contributed by atoms with E-state index in [4.69, 9.17) is 13.7 Å². The number of hydrogen-bond donors (Lipinski definition) is 0.